The predicted molar refractivity (Wildman–Crippen MR) is 87.1 cm³/mol. The van der Waals surface area contributed by atoms with Crippen molar-refractivity contribution < 1.29 is 69.7 Å². The minimum atomic E-state index is -0.748. The third-order valence-electron chi connectivity index (χ3n) is 2.45. The fourth-order valence-corrected chi connectivity index (χ4v) is 1.40. The third-order valence-corrected chi connectivity index (χ3v) is 2.45. The highest BCUT2D eigenvalue weighted by atomic mass is 20.0. The van der Waals surface area contributed by atoms with Crippen LogP contribution >= 0.6 is 0 Å². The molecule has 190 valence electrons. The number of carbonyl (C=O) groups is 3. The van der Waals surface area contributed by atoms with E-state index in [2.05, 4.69) is 10.6 Å². The molecule has 0 rings (SSSR count). The molecule has 0 aliphatic rings. The molecule has 0 aliphatic heterocycles. The smallest absolute Gasteiger partial charge is 0.407 e. The SMILES string of the molecule is CCNC(=O)OCC(COC(=O)NCC)OCCCC(=O)NF.FF.FF.FF.FF. The molecule has 0 fully saturated rings. The summed E-state index contributed by atoms with van der Waals surface area (Å²) in [6, 6.07) is 0. The highest BCUT2D eigenvalue weighted by Crippen LogP contribution is 2.00. The van der Waals surface area contributed by atoms with E-state index in [1.807, 2.05) is 0 Å². The van der Waals surface area contributed by atoms with Crippen molar-refractivity contribution in [1.29, 1.82) is 0 Å². The highest BCUT2D eigenvalue weighted by molar-refractivity contribution is 5.74. The number of halogens is 9. The van der Waals surface area contributed by atoms with Gasteiger partial charge in [-0.2, -0.15) is 5.54 Å². The van der Waals surface area contributed by atoms with Crippen molar-refractivity contribution in [3.05, 3.63) is 0 Å². The van der Waals surface area contributed by atoms with Gasteiger partial charge in [-0.3, -0.25) is 4.79 Å². The normalized spacial score (nSPS) is 8.26. The number of ether oxygens (including phenoxy) is 3. The van der Waals surface area contributed by atoms with Gasteiger partial charge in [0.15, 0.2) is 0 Å². The second kappa shape index (κ2) is 38.0. The molecule has 0 radical (unpaired) electrons. The van der Waals surface area contributed by atoms with Crippen LogP contribution in [0.4, 0.5) is 50.7 Å². The zero-order chi connectivity index (χ0) is 25.5. The zero-order valence-corrected chi connectivity index (χ0v) is 16.4. The highest BCUT2D eigenvalue weighted by Gasteiger charge is 2.15. The lowest BCUT2D eigenvalue weighted by Gasteiger charge is -2.18. The number of nitrogens with one attached hydrogen (secondary N) is 3. The molecular formula is C13H24F9N3O6. The Hall–Kier alpha value is -2.66. The van der Waals surface area contributed by atoms with Crippen molar-refractivity contribution in [3.63, 3.8) is 0 Å². The summed E-state index contributed by atoms with van der Waals surface area (Å²) in [5.74, 6) is -0.748. The minimum Gasteiger partial charge on any atom is -0.447 e. The summed E-state index contributed by atoms with van der Waals surface area (Å²) < 4.78 is 91.0. The summed E-state index contributed by atoms with van der Waals surface area (Å²) in [7, 11) is 0. The van der Waals surface area contributed by atoms with Crippen LogP contribution < -0.4 is 16.2 Å². The summed E-state index contributed by atoms with van der Waals surface area (Å²) in [5, 5.41) is 4.89. The average Bonchev–Trinajstić information content (AvgIpc) is 2.83. The molecule has 3 amide bonds. The number of rotatable bonds is 11. The summed E-state index contributed by atoms with van der Waals surface area (Å²) in [4.78, 5) is 33.2. The number of hydrogen-bond acceptors (Lipinski definition) is 6. The summed E-state index contributed by atoms with van der Waals surface area (Å²) in [6.07, 6.45) is -1.69. The maximum atomic E-state index is 11.8. The van der Waals surface area contributed by atoms with Gasteiger partial charge >= 0.3 is 12.2 Å². The van der Waals surface area contributed by atoms with Crippen LogP contribution in [-0.4, -0.2) is 57.1 Å². The van der Waals surface area contributed by atoms with Crippen molar-refractivity contribution in [2.75, 3.05) is 32.9 Å². The number of amides is 3. The molecule has 0 bridgehead atoms. The molecule has 18 heteroatoms. The van der Waals surface area contributed by atoms with Gasteiger partial charge in [0.25, 0.3) is 0 Å². The number of alkyl carbamates (subject to hydrolysis) is 2. The Labute approximate surface area is 170 Å². The monoisotopic (exact) mass is 489 g/mol. The molecule has 0 aliphatic carbocycles. The fraction of sp³-hybridized carbons (Fsp3) is 0.769. The fourth-order valence-electron chi connectivity index (χ4n) is 1.40. The van der Waals surface area contributed by atoms with Crippen LogP contribution in [0.5, 0.6) is 0 Å². The van der Waals surface area contributed by atoms with Gasteiger partial charge in [-0.1, -0.05) is 0 Å². The van der Waals surface area contributed by atoms with Crippen LogP contribution in [0.15, 0.2) is 0 Å². The first-order chi connectivity index (χ1) is 15.0. The van der Waals surface area contributed by atoms with Gasteiger partial charge < -0.3 is 24.8 Å². The van der Waals surface area contributed by atoms with E-state index in [1.165, 1.54) is 0 Å². The van der Waals surface area contributed by atoms with E-state index in [-0.39, 0.29) is 32.7 Å². The maximum absolute atomic E-state index is 11.8. The van der Waals surface area contributed by atoms with E-state index < -0.39 is 24.2 Å². The van der Waals surface area contributed by atoms with Crippen LogP contribution in [0, 0.1) is 0 Å². The second-order valence-corrected chi connectivity index (χ2v) is 4.37. The van der Waals surface area contributed by atoms with Crippen LogP contribution in [0.3, 0.4) is 0 Å². The molecule has 0 spiro atoms. The first kappa shape index (κ1) is 38.9. The maximum Gasteiger partial charge on any atom is 0.407 e. The molecule has 0 heterocycles. The summed E-state index contributed by atoms with van der Waals surface area (Å²) in [5.41, 5.74) is 1.01. The van der Waals surface area contributed by atoms with Gasteiger partial charge in [-0.05, 0) is 20.3 Å². The van der Waals surface area contributed by atoms with E-state index >= 15 is 0 Å². The predicted octanol–water partition coefficient (Wildman–Crippen LogP) is 4.01. The lowest BCUT2D eigenvalue weighted by molar-refractivity contribution is -0.125. The van der Waals surface area contributed by atoms with Crippen LogP contribution in [0.2, 0.25) is 0 Å². The molecule has 0 saturated carbocycles. The quantitative estimate of drug-likeness (QED) is 0.230. The van der Waals surface area contributed by atoms with Crippen LogP contribution in [0.25, 0.3) is 0 Å². The summed E-state index contributed by atoms with van der Waals surface area (Å²) >= 11 is 0. The first-order valence-electron chi connectivity index (χ1n) is 7.92. The van der Waals surface area contributed by atoms with Crippen molar-refractivity contribution in [2.45, 2.75) is 32.8 Å². The zero-order valence-electron chi connectivity index (χ0n) is 16.4. The lowest BCUT2D eigenvalue weighted by atomic mass is 10.3. The molecule has 0 saturated heterocycles. The Morgan fingerprint density at radius 1 is 0.774 bits per heavy atom. The van der Waals surface area contributed by atoms with E-state index in [4.69, 9.17) is 50.8 Å². The Bertz CT molecular complexity index is 369. The molecule has 3 N–H and O–H groups in total. The topological polar surface area (TPSA) is 115 Å². The van der Waals surface area contributed by atoms with Crippen molar-refractivity contribution >= 4 is 18.1 Å². The van der Waals surface area contributed by atoms with Crippen LogP contribution in [0.1, 0.15) is 26.7 Å². The van der Waals surface area contributed by atoms with Gasteiger partial charge in [-0.25, -0.2) is 9.59 Å². The Morgan fingerprint density at radius 2 is 1.16 bits per heavy atom. The lowest BCUT2D eigenvalue weighted by Crippen LogP contribution is -2.34. The molecule has 0 atom stereocenters. The number of carbonyl (C=O) groups excluding carboxylic acids is 3. The first-order valence-corrected chi connectivity index (χ1v) is 7.92. The van der Waals surface area contributed by atoms with E-state index in [1.54, 1.807) is 13.8 Å². The van der Waals surface area contributed by atoms with Crippen molar-refractivity contribution in [3.8, 4) is 0 Å². The average molecular weight is 489 g/mol. The molecule has 0 unspecified atom stereocenters. The van der Waals surface area contributed by atoms with Gasteiger partial charge in [0.05, 0.1) is 0 Å². The van der Waals surface area contributed by atoms with Crippen molar-refractivity contribution in [2.24, 2.45) is 0 Å². The van der Waals surface area contributed by atoms with Crippen molar-refractivity contribution in [1.82, 2.24) is 16.2 Å². The van der Waals surface area contributed by atoms with Gasteiger partial charge in [0, 0.05) is 62.7 Å². The minimum absolute atomic E-state index is 0.0441. The van der Waals surface area contributed by atoms with Crippen LogP contribution in [-0.2, 0) is 19.0 Å². The van der Waals surface area contributed by atoms with Gasteiger partial charge in [0.2, 0.25) is 5.91 Å². The molecule has 0 aromatic rings. The molecule has 31 heavy (non-hydrogen) atoms. The van der Waals surface area contributed by atoms with Gasteiger partial charge in [0.1, 0.15) is 19.3 Å². The van der Waals surface area contributed by atoms with E-state index in [9.17, 15) is 18.9 Å². The molecular weight excluding hydrogens is 465 g/mol. The Kier molecular flexibility index (Phi) is 47.7. The van der Waals surface area contributed by atoms with E-state index in [0.717, 1.165) is 5.54 Å². The summed E-state index contributed by atoms with van der Waals surface area (Å²) in [6.45, 7) is 4.18. The number of hydrogen-bond donors (Lipinski definition) is 3. The standard InChI is InChI=1S/C13H24FN3O6.4F2/c1-3-15-12(19)22-8-10(9-23-13(20)16-4-2)21-7-5-6-11(18)17-14;4*1-2/h10H,3-9H2,1-2H3,(H,15,19)(H,16,20)(H,17,18);;;;. The second-order valence-electron chi connectivity index (χ2n) is 4.37. The largest absolute Gasteiger partial charge is 0.447 e. The Balaban J connectivity index is -0.000000250. The molecule has 0 aromatic carbocycles. The van der Waals surface area contributed by atoms with Gasteiger partial charge in [-0.15, -0.1) is 4.48 Å². The van der Waals surface area contributed by atoms with E-state index in [0.29, 0.717) is 13.1 Å². The molecule has 9 nitrogen and oxygen atoms in total. The molecule has 0 aromatic heterocycles. The Morgan fingerprint density at radius 3 is 1.48 bits per heavy atom. The third kappa shape index (κ3) is 35.2.